The molecule has 1 amide bonds. The summed E-state index contributed by atoms with van der Waals surface area (Å²) in [7, 11) is 0. The average molecular weight is 716 g/mol. The standard InChI is InChI=1S/C43H42FN3O4S/c44-38-22-14-33(15-23-38)31-52-30-27-45-47-42(49)43(26-7-11-32-9-3-1-4-10-32)40(36-18-16-35(17-19-36)34-12-5-2-6-13-34)51-41(46-43)37-20-24-39(25-21-37)50-29-8-28-48/h1-7,9-25,40,45,48H,8,26-31H2,(H,47,49)/b11-7+/t40-,43-/m0/s1. The number of thioether (sulfide) groups is 1. The lowest BCUT2D eigenvalue weighted by atomic mass is 9.84. The second-order valence-corrected chi connectivity index (χ2v) is 13.5. The Kier molecular flexibility index (Phi) is 12.9. The van der Waals surface area contributed by atoms with Crippen molar-refractivity contribution >= 4 is 29.6 Å². The van der Waals surface area contributed by atoms with Gasteiger partial charge in [-0.1, -0.05) is 109 Å². The molecule has 1 aliphatic heterocycles. The second-order valence-electron chi connectivity index (χ2n) is 12.4. The van der Waals surface area contributed by atoms with E-state index in [1.54, 1.807) is 23.9 Å². The van der Waals surface area contributed by atoms with Gasteiger partial charge in [0.2, 0.25) is 5.90 Å². The number of hydrogen-bond donors (Lipinski definition) is 3. The van der Waals surface area contributed by atoms with Crippen LogP contribution in [0.15, 0.2) is 145 Å². The summed E-state index contributed by atoms with van der Waals surface area (Å²) in [5.41, 5.74) is 10.5. The van der Waals surface area contributed by atoms with Gasteiger partial charge in [-0.15, -0.1) is 0 Å². The molecule has 1 aliphatic rings. The number of carbonyl (C=O) groups is 1. The van der Waals surface area contributed by atoms with E-state index in [2.05, 4.69) is 23.0 Å². The Labute approximate surface area is 308 Å². The first-order valence-corrected chi connectivity index (χ1v) is 18.5. The first-order chi connectivity index (χ1) is 25.5. The summed E-state index contributed by atoms with van der Waals surface area (Å²) in [6, 6.07) is 42.1. The van der Waals surface area contributed by atoms with E-state index >= 15 is 0 Å². The van der Waals surface area contributed by atoms with Crippen molar-refractivity contribution in [3.63, 3.8) is 0 Å². The number of aliphatic hydroxyl groups excluding tert-OH is 1. The Bertz CT molecular complexity index is 1920. The first-order valence-electron chi connectivity index (χ1n) is 17.4. The van der Waals surface area contributed by atoms with E-state index in [9.17, 15) is 9.18 Å². The zero-order valence-corrected chi connectivity index (χ0v) is 29.6. The van der Waals surface area contributed by atoms with E-state index in [4.69, 9.17) is 19.6 Å². The molecule has 0 bridgehead atoms. The van der Waals surface area contributed by atoms with Crippen LogP contribution in [0.1, 0.15) is 41.2 Å². The lowest BCUT2D eigenvalue weighted by Crippen LogP contribution is -2.52. The number of carbonyl (C=O) groups excluding carboxylic acids is 1. The van der Waals surface area contributed by atoms with Crippen LogP contribution in [-0.2, 0) is 15.3 Å². The van der Waals surface area contributed by atoms with Crippen molar-refractivity contribution in [2.24, 2.45) is 4.99 Å². The van der Waals surface area contributed by atoms with E-state index in [1.807, 2.05) is 109 Å². The van der Waals surface area contributed by atoms with Gasteiger partial charge < -0.3 is 14.6 Å². The van der Waals surface area contributed by atoms with Gasteiger partial charge in [0, 0.05) is 43.1 Å². The largest absolute Gasteiger partial charge is 0.494 e. The molecule has 2 atom stereocenters. The molecule has 266 valence electrons. The third kappa shape index (κ3) is 9.55. The van der Waals surface area contributed by atoms with Crippen molar-refractivity contribution in [1.29, 1.82) is 0 Å². The molecule has 6 rings (SSSR count). The van der Waals surface area contributed by atoms with Crippen molar-refractivity contribution < 1.29 is 23.8 Å². The summed E-state index contributed by atoms with van der Waals surface area (Å²) in [4.78, 5) is 19.6. The minimum atomic E-state index is -1.35. The highest BCUT2D eigenvalue weighted by atomic mass is 32.2. The fourth-order valence-electron chi connectivity index (χ4n) is 5.88. The van der Waals surface area contributed by atoms with Crippen molar-refractivity contribution in [3.8, 4) is 16.9 Å². The van der Waals surface area contributed by atoms with Crippen molar-refractivity contribution in [1.82, 2.24) is 10.9 Å². The van der Waals surface area contributed by atoms with E-state index in [1.165, 1.54) is 12.1 Å². The topological polar surface area (TPSA) is 92.2 Å². The van der Waals surface area contributed by atoms with Crippen LogP contribution in [0.5, 0.6) is 5.75 Å². The lowest BCUT2D eigenvalue weighted by Gasteiger charge is -2.30. The zero-order chi connectivity index (χ0) is 36.0. The number of nitrogens with one attached hydrogen (secondary N) is 2. The van der Waals surface area contributed by atoms with E-state index in [0.717, 1.165) is 39.3 Å². The van der Waals surface area contributed by atoms with Gasteiger partial charge in [0.05, 0.1) is 6.61 Å². The molecular formula is C43H42FN3O4S. The highest BCUT2D eigenvalue weighted by Gasteiger charge is 2.52. The molecule has 1 heterocycles. The predicted octanol–water partition coefficient (Wildman–Crippen LogP) is 8.17. The predicted molar refractivity (Wildman–Crippen MR) is 207 cm³/mol. The second kappa shape index (κ2) is 18.3. The average Bonchev–Trinajstić information content (AvgIpc) is 3.58. The minimum Gasteiger partial charge on any atom is -0.494 e. The van der Waals surface area contributed by atoms with Crippen molar-refractivity contribution in [2.75, 3.05) is 25.5 Å². The van der Waals surface area contributed by atoms with Gasteiger partial charge in [-0.05, 0) is 64.2 Å². The minimum absolute atomic E-state index is 0.0585. The van der Waals surface area contributed by atoms with E-state index in [0.29, 0.717) is 36.8 Å². The third-order valence-corrected chi connectivity index (χ3v) is 9.67. The number of hydrogen-bond acceptors (Lipinski definition) is 7. The highest BCUT2D eigenvalue weighted by Crippen LogP contribution is 2.43. The molecule has 0 aromatic heterocycles. The summed E-state index contributed by atoms with van der Waals surface area (Å²) < 4.78 is 25.7. The number of ether oxygens (including phenoxy) is 2. The lowest BCUT2D eigenvalue weighted by molar-refractivity contribution is -0.129. The molecule has 0 fully saturated rings. The summed E-state index contributed by atoms with van der Waals surface area (Å²) in [5, 5.41) is 9.12. The molecule has 5 aromatic carbocycles. The van der Waals surface area contributed by atoms with Gasteiger partial charge in [0.15, 0.2) is 11.6 Å². The SMILES string of the molecule is O=C(NNCCSCc1ccc(F)cc1)[C@@]1(C/C=C/c2ccccc2)N=C(c2ccc(OCCCO)cc2)O[C@H]1c1ccc(-c2ccccc2)cc1. The van der Waals surface area contributed by atoms with E-state index in [-0.39, 0.29) is 24.8 Å². The van der Waals surface area contributed by atoms with Crippen LogP contribution in [0.3, 0.4) is 0 Å². The van der Waals surface area contributed by atoms with Crippen molar-refractivity contribution in [3.05, 3.63) is 168 Å². The van der Waals surface area contributed by atoms with E-state index < -0.39 is 11.6 Å². The number of amides is 1. The summed E-state index contributed by atoms with van der Waals surface area (Å²) >= 11 is 1.69. The molecule has 0 unspecified atom stereocenters. The van der Waals surface area contributed by atoms with Gasteiger partial charge >= 0.3 is 0 Å². The quantitative estimate of drug-likeness (QED) is 0.0665. The third-order valence-electron chi connectivity index (χ3n) is 8.64. The molecule has 9 heteroatoms. The van der Waals surface area contributed by atoms with Gasteiger partial charge in [-0.3, -0.25) is 10.2 Å². The zero-order valence-electron chi connectivity index (χ0n) is 28.8. The Morgan fingerprint density at radius 1 is 0.865 bits per heavy atom. The molecule has 3 N–H and O–H groups in total. The normalized spacial score (nSPS) is 16.7. The van der Waals surface area contributed by atoms with Crippen LogP contribution in [-0.4, -0.2) is 48.0 Å². The van der Waals surface area contributed by atoms with Gasteiger partial charge in [0.25, 0.3) is 5.91 Å². The fourth-order valence-corrected chi connectivity index (χ4v) is 6.70. The Morgan fingerprint density at radius 3 is 2.25 bits per heavy atom. The Morgan fingerprint density at radius 2 is 1.54 bits per heavy atom. The van der Waals surface area contributed by atoms with Gasteiger partial charge in [0.1, 0.15) is 11.6 Å². The summed E-state index contributed by atoms with van der Waals surface area (Å²) in [5.74, 6) is 1.92. The van der Waals surface area contributed by atoms with Gasteiger partial charge in [-0.25, -0.2) is 14.8 Å². The molecule has 0 spiro atoms. The molecule has 7 nitrogen and oxygen atoms in total. The van der Waals surface area contributed by atoms with Crippen LogP contribution < -0.4 is 15.6 Å². The maximum atomic E-state index is 14.5. The van der Waals surface area contributed by atoms with Crippen LogP contribution in [0.2, 0.25) is 0 Å². The molecule has 0 saturated carbocycles. The molecule has 0 aliphatic carbocycles. The number of rotatable bonds is 17. The number of hydrazine groups is 1. The summed E-state index contributed by atoms with van der Waals surface area (Å²) in [6.45, 7) is 0.977. The first kappa shape index (κ1) is 36.6. The molecule has 0 radical (unpaired) electrons. The van der Waals surface area contributed by atoms with Crippen molar-refractivity contribution in [2.45, 2.75) is 30.2 Å². The number of nitrogens with zero attached hydrogens (tertiary/aromatic N) is 1. The number of benzene rings is 5. The van der Waals surface area contributed by atoms with Gasteiger partial charge in [-0.2, -0.15) is 11.8 Å². The number of aliphatic hydroxyl groups is 1. The maximum absolute atomic E-state index is 14.5. The Balaban J connectivity index is 1.27. The number of aliphatic imine (C=N–C) groups is 1. The monoisotopic (exact) mass is 715 g/mol. The molecule has 5 aromatic rings. The molecule has 52 heavy (non-hydrogen) atoms. The maximum Gasteiger partial charge on any atom is 0.266 e. The molecule has 0 saturated heterocycles. The highest BCUT2D eigenvalue weighted by molar-refractivity contribution is 7.98. The summed E-state index contributed by atoms with van der Waals surface area (Å²) in [6.07, 6.45) is 4.05. The fraction of sp³-hybridized carbons (Fsp3) is 0.209. The van der Waals surface area contributed by atoms with Crippen LogP contribution >= 0.6 is 11.8 Å². The van der Waals surface area contributed by atoms with Crippen LogP contribution in [0, 0.1) is 5.82 Å². The molecular weight excluding hydrogens is 674 g/mol. The van der Waals surface area contributed by atoms with Crippen LogP contribution in [0.25, 0.3) is 17.2 Å². The smallest absolute Gasteiger partial charge is 0.266 e. The van der Waals surface area contributed by atoms with Crippen LogP contribution in [0.4, 0.5) is 4.39 Å². The Hall–Kier alpha value is -5.22. The number of halogens is 1.